The zero-order chi connectivity index (χ0) is 25.6. The Balaban J connectivity index is 2.33. The second-order valence-corrected chi connectivity index (χ2v) is 9.44. The second-order valence-electron chi connectivity index (χ2n) is 8.38. The summed E-state index contributed by atoms with van der Waals surface area (Å²) in [6, 6.07) is 13.4. The first kappa shape index (κ1) is 28.7. The van der Waals surface area contributed by atoms with Gasteiger partial charge in [-0.1, -0.05) is 43.8 Å². The molecule has 2 rings (SSSR count). The molecule has 0 aromatic heterocycles. The summed E-state index contributed by atoms with van der Waals surface area (Å²) in [4.78, 5) is 18.2. The smallest absolute Gasteiger partial charge is 0.339 e. The number of ether oxygens (including phenoxy) is 4. The van der Waals surface area contributed by atoms with Gasteiger partial charge in [-0.15, -0.1) is 0 Å². The lowest BCUT2D eigenvalue weighted by Gasteiger charge is -2.23. The number of carbonyl (C=O) groups is 1. The molecule has 0 amide bonds. The predicted octanol–water partition coefficient (Wildman–Crippen LogP) is 4.87. The summed E-state index contributed by atoms with van der Waals surface area (Å²) in [7, 11) is 6.35. The molecule has 0 fully saturated rings. The largest absolute Gasteiger partial charge is 0.493 e. The van der Waals surface area contributed by atoms with Crippen LogP contribution in [-0.2, 0) is 15.9 Å². The number of thioether (sulfide) groups is 1. The Kier molecular flexibility index (Phi) is 12.7. The van der Waals surface area contributed by atoms with Crippen molar-refractivity contribution in [3.05, 3.63) is 53.6 Å². The van der Waals surface area contributed by atoms with Crippen LogP contribution in [0.1, 0.15) is 36.2 Å². The highest BCUT2D eigenvalue weighted by Gasteiger charge is 2.21. The fourth-order valence-corrected chi connectivity index (χ4v) is 4.68. The van der Waals surface area contributed by atoms with Crippen LogP contribution in [-0.4, -0.2) is 65.2 Å². The fourth-order valence-electron chi connectivity index (χ4n) is 3.57. The lowest BCUT2D eigenvalue weighted by atomic mass is 10.0. The van der Waals surface area contributed by atoms with Crippen LogP contribution >= 0.6 is 11.8 Å². The minimum Gasteiger partial charge on any atom is -0.493 e. The Morgan fingerprint density at radius 3 is 2.43 bits per heavy atom. The molecule has 0 aliphatic carbocycles. The van der Waals surface area contributed by atoms with Gasteiger partial charge >= 0.3 is 5.97 Å². The van der Waals surface area contributed by atoms with Crippen molar-refractivity contribution in [3.63, 3.8) is 0 Å². The minimum atomic E-state index is -0.356. The summed E-state index contributed by atoms with van der Waals surface area (Å²) in [5.74, 6) is 1.51. The Morgan fingerprint density at radius 1 is 1.03 bits per heavy atom. The topological polar surface area (TPSA) is 78.4 Å². The molecule has 0 spiro atoms. The van der Waals surface area contributed by atoms with Crippen LogP contribution in [0, 0.1) is 5.92 Å². The van der Waals surface area contributed by atoms with E-state index in [4.69, 9.17) is 23.9 Å². The van der Waals surface area contributed by atoms with Crippen molar-refractivity contribution in [3.8, 4) is 11.5 Å². The van der Waals surface area contributed by atoms with Crippen LogP contribution < -0.4 is 14.8 Å². The summed E-state index contributed by atoms with van der Waals surface area (Å²) >= 11 is 1.52. The lowest BCUT2D eigenvalue weighted by Crippen LogP contribution is -2.38. The quantitative estimate of drug-likeness (QED) is 0.130. The first-order valence-corrected chi connectivity index (χ1v) is 12.6. The number of carbonyl (C=O) groups excluding carboxylic acids is 1. The Morgan fingerprint density at radius 2 is 1.77 bits per heavy atom. The number of rotatable bonds is 14. The van der Waals surface area contributed by atoms with Gasteiger partial charge in [-0.25, -0.2) is 4.79 Å². The van der Waals surface area contributed by atoms with Crippen molar-refractivity contribution in [2.45, 2.75) is 37.6 Å². The van der Waals surface area contributed by atoms with E-state index in [0.29, 0.717) is 42.7 Å². The van der Waals surface area contributed by atoms with Gasteiger partial charge in [0.1, 0.15) is 0 Å². The third-order valence-corrected chi connectivity index (χ3v) is 6.52. The van der Waals surface area contributed by atoms with E-state index in [1.165, 1.54) is 18.9 Å². The van der Waals surface area contributed by atoms with Crippen molar-refractivity contribution in [1.29, 1.82) is 0 Å². The maximum atomic E-state index is 12.4. The van der Waals surface area contributed by atoms with E-state index in [1.54, 1.807) is 27.4 Å². The van der Waals surface area contributed by atoms with Crippen molar-refractivity contribution in [2.24, 2.45) is 10.9 Å². The van der Waals surface area contributed by atoms with Crippen LogP contribution in [0.4, 0.5) is 0 Å². The van der Waals surface area contributed by atoms with Gasteiger partial charge in [-0.2, -0.15) is 0 Å². The minimum absolute atomic E-state index is 0.0336. The van der Waals surface area contributed by atoms with Gasteiger partial charge in [0, 0.05) is 25.1 Å². The van der Waals surface area contributed by atoms with Gasteiger partial charge in [-0.05, 0) is 48.6 Å². The SMILES string of the molecule is COCCNC(CC(C)C)C(=NCCc1ccc(OC)c(OC)c1)Sc1ccccc1C(=O)OC. The van der Waals surface area contributed by atoms with Gasteiger partial charge in [0.05, 0.1) is 44.6 Å². The normalized spacial score (nSPS) is 12.5. The maximum Gasteiger partial charge on any atom is 0.339 e. The van der Waals surface area contributed by atoms with Gasteiger partial charge < -0.3 is 24.3 Å². The Bertz CT molecular complexity index is 964. The number of nitrogens with zero attached hydrogens (tertiary/aromatic N) is 1. The number of benzene rings is 2. The molecule has 0 radical (unpaired) electrons. The third-order valence-electron chi connectivity index (χ3n) is 5.33. The predicted molar refractivity (Wildman–Crippen MR) is 142 cm³/mol. The van der Waals surface area contributed by atoms with Crippen molar-refractivity contribution >= 4 is 22.8 Å². The third kappa shape index (κ3) is 9.20. The molecular weight excluding hydrogens is 464 g/mol. The zero-order valence-electron chi connectivity index (χ0n) is 21.6. The summed E-state index contributed by atoms with van der Waals surface area (Å²) in [5, 5.41) is 4.52. The van der Waals surface area contributed by atoms with Crippen LogP contribution in [0.15, 0.2) is 52.4 Å². The van der Waals surface area contributed by atoms with Crippen molar-refractivity contribution in [1.82, 2.24) is 5.32 Å². The van der Waals surface area contributed by atoms with E-state index in [1.807, 2.05) is 36.4 Å². The molecule has 1 unspecified atom stereocenters. The summed E-state index contributed by atoms with van der Waals surface area (Å²) < 4.78 is 21.0. The molecule has 0 aliphatic heterocycles. The standard InChI is InChI=1S/C27H38N2O5S/c1-19(2)17-22(28-15-16-31-3)26(35-25-10-8-7-9-21(25)27(30)34-6)29-14-13-20-11-12-23(32-4)24(18-20)33-5/h7-12,18-19,22,28H,13-17H2,1-6H3. The monoisotopic (exact) mass is 502 g/mol. The molecule has 35 heavy (non-hydrogen) atoms. The molecule has 0 aliphatic rings. The highest BCUT2D eigenvalue weighted by Crippen LogP contribution is 2.29. The number of methoxy groups -OCH3 is 4. The number of hydrogen-bond donors (Lipinski definition) is 1. The molecular formula is C27H38N2O5S. The molecule has 1 atom stereocenters. The van der Waals surface area contributed by atoms with Crippen LogP contribution in [0.3, 0.4) is 0 Å². The highest BCUT2D eigenvalue weighted by molar-refractivity contribution is 8.14. The van der Waals surface area contributed by atoms with Gasteiger partial charge in [-0.3, -0.25) is 4.99 Å². The summed E-state index contributed by atoms with van der Waals surface area (Å²) in [6.07, 6.45) is 1.65. The average molecular weight is 503 g/mol. The van der Waals surface area contributed by atoms with E-state index in [2.05, 4.69) is 19.2 Å². The summed E-state index contributed by atoms with van der Waals surface area (Å²) in [6.45, 7) is 6.30. The van der Waals surface area contributed by atoms with Gasteiger partial charge in [0.2, 0.25) is 0 Å². The molecule has 2 aromatic rings. The molecule has 192 valence electrons. The molecule has 7 nitrogen and oxygen atoms in total. The fraction of sp³-hybridized carbons (Fsp3) is 0.481. The van der Waals surface area contributed by atoms with Crippen molar-refractivity contribution in [2.75, 3.05) is 48.1 Å². The van der Waals surface area contributed by atoms with E-state index >= 15 is 0 Å². The zero-order valence-corrected chi connectivity index (χ0v) is 22.4. The van der Waals surface area contributed by atoms with Gasteiger partial charge in [0.25, 0.3) is 0 Å². The molecule has 0 saturated heterocycles. The first-order valence-electron chi connectivity index (χ1n) is 11.8. The molecule has 2 aromatic carbocycles. The first-order chi connectivity index (χ1) is 16.9. The highest BCUT2D eigenvalue weighted by atomic mass is 32.2. The van der Waals surface area contributed by atoms with E-state index in [9.17, 15) is 4.79 Å². The van der Waals surface area contributed by atoms with E-state index in [-0.39, 0.29) is 12.0 Å². The van der Waals surface area contributed by atoms with Crippen LogP contribution in [0.25, 0.3) is 0 Å². The number of esters is 1. The molecule has 8 heteroatoms. The van der Waals surface area contributed by atoms with E-state index < -0.39 is 0 Å². The average Bonchev–Trinajstić information content (AvgIpc) is 2.87. The van der Waals surface area contributed by atoms with Gasteiger partial charge in [0.15, 0.2) is 11.5 Å². The van der Waals surface area contributed by atoms with E-state index in [0.717, 1.165) is 28.3 Å². The number of hydrogen-bond acceptors (Lipinski definition) is 8. The second kappa shape index (κ2) is 15.4. The molecule has 0 saturated carbocycles. The van der Waals surface area contributed by atoms with Crippen LogP contribution in [0.5, 0.6) is 11.5 Å². The summed E-state index contributed by atoms with van der Waals surface area (Å²) in [5.41, 5.74) is 1.64. The Hall–Kier alpha value is -2.55. The van der Waals surface area contributed by atoms with Crippen molar-refractivity contribution < 1.29 is 23.7 Å². The number of aliphatic imine (C=N–C) groups is 1. The lowest BCUT2D eigenvalue weighted by molar-refractivity contribution is 0.0597. The molecule has 0 heterocycles. The van der Waals surface area contributed by atoms with Crippen LogP contribution in [0.2, 0.25) is 0 Å². The maximum absolute atomic E-state index is 12.4. The molecule has 1 N–H and O–H groups in total. The number of nitrogens with one attached hydrogen (secondary N) is 1. The Labute approximate surface area is 213 Å². The molecule has 0 bridgehead atoms.